The van der Waals surface area contributed by atoms with Gasteiger partial charge in [-0.2, -0.15) is 0 Å². The van der Waals surface area contributed by atoms with Gasteiger partial charge in [0.15, 0.2) is 0 Å². The Hall–Kier alpha value is -2.12. The molecule has 0 aromatic rings. The van der Waals surface area contributed by atoms with Crippen molar-refractivity contribution in [1.29, 1.82) is 0 Å². The summed E-state index contributed by atoms with van der Waals surface area (Å²) in [6, 6.07) is 0. The lowest BCUT2D eigenvalue weighted by Crippen LogP contribution is -2.54. The van der Waals surface area contributed by atoms with E-state index < -0.39 is 47.7 Å². The highest BCUT2D eigenvalue weighted by atomic mass is 16.6. The molecule has 0 radical (unpaired) electrons. The Balaban J connectivity index is 6.18. The van der Waals surface area contributed by atoms with Crippen LogP contribution in [0.4, 0.5) is 0 Å². The number of carbonyl (C=O) groups is 4. The van der Waals surface area contributed by atoms with Crippen LogP contribution in [-0.4, -0.2) is 44.8 Å². The van der Waals surface area contributed by atoms with Gasteiger partial charge in [-0.3, -0.25) is 14.4 Å². The molecule has 8 nitrogen and oxygen atoms in total. The van der Waals surface area contributed by atoms with Crippen molar-refractivity contribution in [1.82, 2.24) is 0 Å². The predicted octanol–water partition coefficient (Wildman–Crippen LogP) is 2.26. The quantitative estimate of drug-likeness (QED) is 0.504. The average molecular weight is 360 g/mol. The molecule has 144 valence electrons. The van der Waals surface area contributed by atoms with Crippen molar-refractivity contribution in [3.05, 3.63) is 0 Å². The second kappa shape index (κ2) is 8.31. The maximum atomic E-state index is 13.0. The van der Waals surface area contributed by atoms with Gasteiger partial charge in [0.25, 0.3) is 0 Å². The minimum absolute atomic E-state index is 0.235. The molecule has 0 bridgehead atoms. The van der Waals surface area contributed by atoms with Gasteiger partial charge in [0.2, 0.25) is 5.60 Å². The van der Waals surface area contributed by atoms with Gasteiger partial charge in [-0.05, 0) is 17.8 Å². The molecule has 0 atom stereocenters. The monoisotopic (exact) mass is 360 g/mol. The summed E-state index contributed by atoms with van der Waals surface area (Å²) in [5, 5.41) is 27.5. The van der Waals surface area contributed by atoms with Crippen molar-refractivity contribution >= 4 is 23.9 Å². The zero-order valence-electron chi connectivity index (χ0n) is 15.5. The van der Waals surface area contributed by atoms with Crippen LogP contribution < -0.4 is 0 Å². The molecule has 25 heavy (non-hydrogen) atoms. The van der Waals surface area contributed by atoms with E-state index in [1.165, 1.54) is 0 Å². The first-order valence-corrected chi connectivity index (χ1v) is 8.14. The maximum absolute atomic E-state index is 13.0. The first-order valence-electron chi connectivity index (χ1n) is 8.14. The minimum Gasteiger partial charge on any atom is -0.481 e. The maximum Gasteiger partial charge on any atom is 0.349 e. The van der Waals surface area contributed by atoms with Crippen LogP contribution in [0.1, 0.15) is 54.4 Å². The fourth-order valence-electron chi connectivity index (χ4n) is 3.79. The van der Waals surface area contributed by atoms with Gasteiger partial charge < -0.3 is 20.1 Å². The van der Waals surface area contributed by atoms with E-state index in [-0.39, 0.29) is 17.8 Å². The van der Waals surface area contributed by atoms with Crippen LogP contribution in [0.3, 0.4) is 0 Å². The molecule has 0 aromatic heterocycles. The molecular formula is C17H28O8. The number of esters is 1. The summed E-state index contributed by atoms with van der Waals surface area (Å²) < 4.78 is 5.17. The summed E-state index contributed by atoms with van der Waals surface area (Å²) in [6.07, 6.45) is -2.27. The number of carboxylic acids is 3. The summed E-state index contributed by atoms with van der Waals surface area (Å²) in [6.45, 7) is 10.7. The van der Waals surface area contributed by atoms with E-state index in [0.717, 1.165) is 0 Å². The summed E-state index contributed by atoms with van der Waals surface area (Å²) in [4.78, 5) is 46.8. The molecule has 0 aromatic carbocycles. The Labute approximate surface area is 147 Å². The number of aliphatic carboxylic acids is 3. The third kappa shape index (κ3) is 4.70. The first kappa shape index (κ1) is 22.9. The molecule has 8 heteroatoms. The van der Waals surface area contributed by atoms with Crippen LogP contribution in [0.15, 0.2) is 0 Å². The second-order valence-corrected chi connectivity index (χ2v) is 7.23. The van der Waals surface area contributed by atoms with Crippen LogP contribution in [0.2, 0.25) is 0 Å². The van der Waals surface area contributed by atoms with Crippen molar-refractivity contribution in [3.63, 3.8) is 0 Å². The van der Waals surface area contributed by atoms with Gasteiger partial charge in [-0.1, -0.05) is 41.5 Å². The van der Waals surface area contributed by atoms with Gasteiger partial charge >= 0.3 is 23.9 Å². The Morgan fingerprint density at radius 1 is 0.760 bits per heavy atom. The number of hydrogen-bond donors (Lipinski definition) is 3. The van der Waals surface area contributed by atoms with Gasteiger partial charge in [0, 0.05) is 0 Å². The van der Waals surface area contributed by atoms with Gasteiger partial charge in [-0.25, -0.2) is 4.79 Å². The summed E-state index contributed by atoms with van der Waals surface area (Å²) in [5.41, 5.74) is -3.74. The molecule has 0 saturated heterocycles. The standard InChI is InChI=1S/C17H28O8/c1-9(2)17(10(3)4,11(5)6)15(24)25-16(14(22)23,7-12(18)19)8-13(20)21/h9-11H,7-8H2,1-6H3,(H,18,19)(H,20,21)(H,22,23). The highest BCUT2D eigenvalue weighted by molar-refractivity contribution is 5.91. The smallest absolute Gasteiger partial charge is 0.349 e. The molecule has 0 saturated carbocycles. The van der Waals surface area contributed by atoms with E-state index >= 15 is 0 Å². The van der Waals surface area contributed by atoms with E-state index in [4.69, 9.17) is 14.9 Å². The van der Waals surface area contributed by atoms with Crippen molar-refractivity contribution in [2.45, 2.75) is 60.0 Å². The highest BCUT2D eigenvalue weighted by Crippen LogP contribution is 2.45. The summed E-state index contributed by atoms with van der Waals surface area (Å²) in [5.74, 6) is -6.53. The lowest BCUT2D eigenvalue weighted by molar-refractivity contribution is -0.199. The van der Waals surface area contributed by atoms with Gasteiger partial charge in [0.05, 0.1) is 18.3 Å². The third-order valence-electron chi connectivity index (χ3n) is 4.77. The summed E-state index contributed by atoms with van der Waals surface area (Å²) >= 11 is 0. The van der Waals surface area contributed by atoms with E-state index in [0.29, 0.717) is 0 Å². The van der Waals surface area contributed by atoms with Crippen LogP contribution in [0.25, 0.3) is 0 Å². The van der Waals surface area contributed by atoms with Crippen molar-refractivity contribution in [3.8, 4) is 0 Å². The Morgan fingerprint density at radius 2 is 1.08 bits per heavy atom. The van der Waals surface area contributed by atoms with E-state index in [1.54, 1.807) is 41.5 Å². The molecule has 0 aliphatic heterocycles. The molecule has 0 spiro atoms. The lowest BCUT2D eigenvalue weighted by Gasteiger charge is -2.44. The predicted molar refractivity (Wildman–Crippen MR) is 87.9 cm³/mol. The lowest BCUT2D eigenvalue weighted by atomic mass is 9.62. The zero-order valence-corrected chi connectivity index (χ0v) is 15.5. The molecule has 0 rings (SSSR count). The van der Waals surface area contributed by atoms with Gasteiger partial charge in [-0.15, -0.1) is 0 Å². The number of rotatable bonds is 10. The molecule has 3 N–H and O–H groups in total. The van der Waals surface area contributed by atoms with E-state index in [1.807, 2.05) is 0 Å². The first-order chi connectivity index (χ1) is 11.2. The number of hydrogen-bond acceptors (Lipinski definition) is 5. The average Bonchev–Trinajstić information content (AvgIpc) is 2.35. The molecule has 0 heterocycles. The SMILES string of the molecule is CC(C)C(C(=O)OC(CC(=O)O)(CC(=O)O)C(=O)O)(C(C)C)C(C)C. The minimum atomic E-state index is -2.65. The molecule has 0 aliphatic carbocycles. The number of carboxylic acid groups (broad SMARTS) is 3. The van der Waals surface area contributed by atoms with E-state index in [2.05, 4.69) is 0 Å². The second-order valence-electron chi connectivity index (χ2n) is 7.23. The Morgan fingerprint density at radius 3 is 1.28 bits per heavy atom. The Kier molecular flexibility index (Phi) is 7.61. The fraction of sp³-hybridized carbons (Fsp3) is 0.765. The fourth-order valence-corrected chi connectivity index (χ4v) is 3.79. The molecule has 0 aliphatic rings. The topological polar surface area (TPSA) is 138 Å². The zero-order chi connectivity index (χ0) is 20.2. The van der Waals surface area contributed by atoms with Crippen LogP contribution in [0, 0.1) is 23.2 Å². The van der Waals surface area contributed by atoms with Crippen molar-refractivity contribution in [2.75, 3.05) is 0 Å². The number of ether oxygens (including phenoxy) is 1. The molecule has 0 unspecified atom stereocenters. The molecule has 0 amide bonds. The van der Waals surface area contributed by atoms with Gasteiger partial charge in [0.1, 0.15) is 0 Å². The molecular weight excluding hydrogens is 332 g/mol. The summed E-state index contributed by atoms with van der Waals surface area (Å²) in [7, 11) is 0. The number of carbonyl (C=O) groups excluding carboxylic acids is 1. The van der Waals surface area contributed by atoms with E-state index in [9.17, 15) is 24.3 Å². The largest absolute Gasteiger partial charge is 0.481 e. The van der Waals surface area contributed by atoms with Crippen LogP contribution in [-0.2, 0) is 23.9 Å². The third-order valence-corrected chi connectivity index (χ3v) is 4.77. The molecule has 0 fully saturated rings. The van der Waals surface area contributed by atoms with Crippen LogP contribution >= 0.6 is 0 Å². The van der Waals surface area contributed by atoms with Crippen LogP contribution in [0.5, 0.6) is 0 Å². The Bertz CT molecular complexity index is 495. The van der Waals surface area contributed by atoms with Crippen molar-refractivity contribution < 1.29 is 39.2 Å². The van der Waals surface area contributed by atoms with Crippen molar-refractivity contribution in [2.24, 2.45) is 23.2 Å². The normalized spacial score (nSPS) is 12.5. The highest BCUT2D eigenvalue weighted by Gasteiger charge is 2.54.